The van der Waals surface area contributed by atoms with Gasteiger partial charge in [0, 0.05) is 16.8 Å². The first-order chi connectivity index (χ1) is 10.5. The third-order valence-corrected chi connectivity index (χ3v) is 4.13. The smallest absolute Gasteiger partial charge is 0.241 e. The summed E-state index contributed by atoms with van der Waals surface area (Å²) >= 11 is 6.07. The molecule has 0 spiro atoms. The van der Waals surface area contributed by atoms with E-state index in [0.717, 1.165) is 16.8 Å². The Morgan fingerprint density at radius 2 is 1.73 bits per heavy atom. The van der Waals surface area contributed by atoms with Crippen LogP contribution in [0.1, 0.15) is 31.0 Å². The highest BCUT2D eigenvalue weighted by atomic mass is 35.5. The van der Waals surface area contributed by atoms with Crippen LogP contribution in [0.4, 0.5) is 5.69 Å². The van der Waals surface area contributed by atoms with Gasteiger partial charge in [0.05, 0.1) is 6.04 Å². The summed E-state index contributed by atoms with van der Waals surface area (Å²) < 4.78 is 0. The first kappa shape index (κ1) is 16.5. The van der Waals surface area contributed by atoms with E-state index >= 15 is 0 Å². The van der Waals surface area contributed by atoms with Gasteiger partial charge in [0.15, 0.2) is 0 Å². The summed E-state index contributed by atoms with van der Waals surface area (Å²) in [6.45, 7) is 5.79. The number of carbonyl (C=O) groups is 1. The molecule has 116 valence electrons. The van der Waals surface area contributed by atoms with Crippen molar-refractivity contribution in [2.24, 2.45) is 0 Å². The second-order valence-corrected chi connectivity index (χ2v) is 5.83. The molecular formula is C18H21ClN2O. The average molecular weight is 317 g/mol. The Balaban J connectivity index is 1.99. The SMILES string of the molecule is Cc1c(Cl)cccc1NC(=O)[C@@H](C)N[C@@H](C)c1ccccc1. The van der Waals surface area contributed by atoms with Crippen LogP contribution in [0.5, 0.6) is 0 Å². The Morgan fingerprint density at radius 3 is 2.41 bits per heavy atom. The highest BCUT2D eigenvalue weighted by Gasteiger charge is 2.17. The molecule has 0 unspecified atom stereocenters. The summed E-state index contributed by atoms with van der Waals surface area (Å²) in [6.07, 6.45) is 0. The van der Waals surface area contributed by atoms with E-state index in [1.54, 1.807) is 0 Å². The van der Waals surface area contributed by atoms with E-state index in [-0.39, 0.29) is 18.0 Å². The minimum Gasteiger partial charge on any atom is -0.324 e. The maximum absolute atomic E-state index is 12.3. The summed E-state index contributed by atoms with van der Waals surface area (Å²) in [4.78, 5) is 12.3. The van der Waals surface area contributed by atoms with Crippen molar-refractivity contribution in [2.75, 3.05) is 5.32 Å². The van der Waals surface area contributed by atoms with E-state index in [1.165, 1.54) is 0 Å². The van der Waals surface area contributed by atoms with Crippen molar-refractivity contribution in [2.45, 2.75) is 32.9 Å². The number of rotatable bonds is 5. The van der Waals surface area contributed by atoms with Gasteiger partial charge < -0.3 is 5.32 Å². The van der Waals surface area contributed by atoms with Gasteiger partial charge in [-0.1, -0.05) is 48.0 Å². The number of anilines is 1. The number of halogens is 1. The van der Waals surface area contributed by atoms with Crippen molar-refractivity contribution in [3.8, 4) is 0 Å². The zero-order valence-corrected chi connectivity index (χ0v) is 13.8. The fourth-order valence-electron chi connectivity index (χ4n) is 2.27. The summed E-state index contributed by atoms with van der Waals surface area (Å²) in [5, 5.41) is 6.88. The molecule has 2 aromatic carbocycles. The van der Waals surface area contributed by atoms with Crippen molar-refractivity contribution >= 4 is 23.2 Å². The lowest BCUT2D eigenvalue weighted by molar-refractivity contribution is -0.117. The van der Waals surface area contributed by atoms with Crippen LogP contribution in [0.25, 0.3) is 0 Å². The average Bonchev–Trinajstić information content (AvgIpc) is 2.52. The molecule has 0 aliphatic heterocycles. The molecule has 2 rings (SSSR count). The highest BCUT2D eigenvalue weighted by molar-refractivity contribution is 6.31. The summed E-state index contributed by atoms with van der Waals surface area (Å²) in [5.41, 5.74) is 2.78. The molecule has 0 heterocycles. The normalized spacial score (nSPS) is 13.5. The van der Waals surface area contributed by atoms with Gasteiger partial charge in [-0.05, 0) is 44.0 Å². The standard InChI is InChI=1S/C18H21ClN2O/c1-12-16(19)10-7-11-17(12)21-18(22)14(3)20-13(2)15-8-5-4-6-9-15/h4-11,13-14,20H,1-3H3,(H,21,22)/t13-,14+/m0/s1. The van der Waals surface area contributed by atoms with Crippen LogP contribution in [0.2, 0.25) is 5.02 Å². The zero-order chi connectivity index (χ0) is 16.1. The van der Waals surface area contributed by atoms with Crippen LogP contribution in [0.15, 0.2) is 48.5 Å². The molecule has 0 fully saturated rings. The van der Waals surface area contributed by atoms with Gasteiger partial charge in [0.2, 0.25) is 5.91 Å². The maximum Gasteiger partial charge on any atom is 0.241 e. The Labute approximate surface area is 136 Å². The molecule has 2 atom stereocenters. The quantitative estimate of drug-likeness (QED) is 0.862. The minimum absolute atomic E-state index is 0.0758. The van der Waals surface area contributed by atoms with E-state index < -0.39 is 0 Å². The van der Waals surface area contributed by atoms with Crippen molar-refractivity contribution < 1.29 is 4.79 Å². The number of carbonyl (C=O) groups excluding carboxylic acids is 1. The third kappa shape index (κ3) is 4.09. The van der Waals surface area contributed by atoms with Crippen molar-refractivity contribution in [1.29, 1.82) is 0 Å². The Kier molecular flexibility index (Phi) is 5.58. The molecule has 0 aromatic heterocycles. The van der Waals surface area contributed by atoms with Gasteiger partial charge in [-0.3, -0.25) is 10.1 Å². The second-order valence-electron chi connectivity index (χ2n) is 5.42. The maximum atomic E-state index is 12.3. The van der Waals surface area contributed by atoms with Gasteiger partial charge in [-0.2, -0.15) is 0 Å². The predicted octanol–water partition coefficient (Wildman–Crippen LogP) is 4.33. The van der Waals surface area contributed by atoms with Crippen LogP contribution in [-0.2, 0) is 4.79 Å². The van der Waals surface area contributed by atoms with Crippen LogP contribution >= 0.6 is 11.6 Å². The van der Waals surface area contributed by atoms with Crippen molar-refractivity contribution in [3.63, 3.8) is 0 Å². The molecule has 3 nitrogen and oxygen atoms in total. The van der Waals surface area contributed by atoms with Gasteiger partial charge in [0.25, 0.3) is 0 Å². The Hall–Kier alpha value is -1.84. The monoisotopic (exact) mass is 316 g/mol. The van der Waals surface area contributed by atoms with Gasteiger partial charge in [-0.15, -0.1) is 0 Å². The lowest BCUT2D eigenvalue weighted by atomic mass is 10.1. The number of benzene rings is 2. The van der Waals surface area contributed by atoms with E-state index in [9.17, 15) is 4.79 Å². The number of amides is 1. The van der Waals surface area contributed by atoms with Crippen LogP contribution in [0, 0.1) is 6.92 Å². The second kappa shape index (κ2) is 7.43. The van der Waals surface area contributed by atoms with Crippen molar-refractivity contribution in [3.05, 3.63) is 64.7 Å². The molecule has 0 saturated carbocycles. The van der Waals surface area contributed by atoms with Crippen LogP contribution in [0.3, 0.4) is 0 Å². The zero-order valence-electron chi connectivity index (χ0n) is 13.1. The van der Waals surface area contributed by atoms with Crippen LogP contribution < -0.4 is 10.6 Å². The van der Waals surface area contributed by atoms with E-state index in [2.05, 4.69) is 10.6 Å². The topological polar surface area (TPSA) is 41.1 Å². The fraction of sp³-hybridized carbons (Fsp3) is 0.278. The molecule has 0 saturated heterocycles. The van der Waals surface area contributed by atoms with Crippen molar-refractivity contribution in [1.82, 2.24) is 5.32 Å². The minimum atomic E-state index is -0.311. The first-order valence-electron chi connectivity index (χ1n) is 7.36. The summed E-state index contributed by atoms with van der Waals surface area (Å²) in [6, 6.07) is 15.3. The molecule has 4 heteroatoms. The number of hydrogen-bond acceptors (Lipinski definition) is 2. The lowest BCUT2D eigenvalue weighted by Crippen LogP contribution is -2.39. The van der Waals surface area contributed by atoms with E-state index in [1.807, 2.05) is 69.3 Å². The number of hydrogen-bond donors (Lipinski definition) is 2. The molecule has 22 heavy (non-hydrogen) atoms. The lowest BCUT2D eigenvalue weighted by Gasteiger charge is -2.20. The van der Waals surface area contributed by atoms with Gasteiger partial charge >= 0.3 is 0 Å². The van der Waals surface area contributed by atoms with E-state index in [4.69, 9.17) is 11.6 Å². The molecular weight excluding hydrogens is 296 g/mol. The molecule has 1 amide bonds. The van der Waals surface area contributed by atoms with Crippen LogP contribution in [-0.4, -0.2) is 11.9 Å². The summed E-state index contributed by atoms with van der Waals surface area (Å²) in [7, 11) is 0. The number of nitrogens with one attached hydrogen (secondary N) is 2. The predicted molar refractivity (Wildman–Crippen MR) is 92.3 cm³/mol. The first-order valence-corrected chi connectivity index (χ1v) is 7.74. The van der Waals surface area contributed by atoms with Gasteiger partial charge in [-0.25, -0.2) is 0 Å². The summed E-state index contributed by atoms with van der Waals surface area (Å²) in [5.74, 6) is -0.0758. The van der Waals surface area contributed by atoms with E-state index in [0.29, 0.717) is 5.02 Å². The highest BCUT2D eigenvalue weighted by Crippen LogP contribution is 2.23. The molecule has 0 aliphatic carbocycles. The Morgan fingerprint density at radius 1 is 1.05 bits per heavy atom. The largest absolute Gasteiger partial charge is 0.324 e. The molecule has 0 radical (unpaired) electrons. The Bertz CT molecular complexity index is 643. The van der Waals surface area contributed by atoms with Gasteiger partial charge in [0.1, 0.15) is 0 Å². The third-order valence-electron chi connectivity index (χ3n) is 3.72. The molecule has 2 N–H and O–H groups in total. The fourth-order valence-corrected chi connectivity index (χ4v) is 2.45. The molecule has 0 bridgehead atoms. The molecule has 2 aromatic rings. The molecule has 0 aliphatic rings.